The number of benzene rings is 10. The monoisotopic (exact) mass is 1070 g/mol. The third kappa shape index (κ3) is 10.6. The molecule has 84 heavy (non-hydrogen) atoms. The number of aromatic nitrogens is 7. The Bertz CT molecular complexity index is 4370. The van der Waals surface area contributed by atoms with Crippen LogP contribution in [0, 0.1) is 0 Å². The molecule has 0 aliphatic carbocycles. The first-order valence-electron chi connectivity index (χ1n) is 28.0. The van der Waals surface area contributed by atoms with Crippen LogP contribution in [0.25, 0.3) is 145 Å². The average molecular weight is 1070 g/mol. The molecule has 0 saturated heterocycles. The van der Waals surface area contributed by atoms with Crippen molar-refractivity contribution in [3.05, 3.63) is 310 Å². The topological polar surface area (TPSA) is 90.2 Å². The van der Waals surface area contributed by atoms with Crippen LogP contribution < -0.4 is 0 Å². The van der Waals surface area contributed by atoms with Crippen LogP contribution in [0.15, 0.2) is 310 Å². The molecule has 10 aromatic carbocycles. The van der Waals surface area contributed by atoms with Crippen molar-refractivity contribution >= 4 is 32.3 Å². The summed E-state index contributed by atoms with van der Waals surface area (Å²) in [6, 6.07) is 98.6. The fourth-order valence-corrected chi connectivity index (χ4v) is 10.9. The van der Waals surface area contributed by atoms with Gasteiger partial charge >= 0.3 is 0 Å². The Kier molecular flexibility index (Phi) is 13.9. The Morgan fingerprint density at radius 2 is 0.464 bits per heavy atom. The Morgan fingerprint density at radius 3 is 0.810 bits per heavy atom. The van der Waals surface area contributed by atoms with E-state index in [2.05, 4.69) is 228 Å². The van der Waals surface area contributed by atoms with E-state index in [-0.39, 0.29) is 0 Å². The first kappa shape index (κ1) is 50.8. The average Bonchev–Trinajstić information content (AvgIpc) is 2.02. The molecule has 0 aliphatic heterocycles. The van der Waals surface area contributed by atoms with E-state index in [0.29, 0.717) is 17.5 Å². The van der Waals surface area contributed by atoms with Gasteiger partial charge in [-0.15, -0.1) is 0 Å². The molecule has 394 valence electrons. The summed E-state index contributed by atoms with van der Waals surface area (Å²) in [6.45, 7) is 0. The molecule has 0 atom stereocenters. The summed E-state index contributed by atoms with van der Waals surface area (Å²) in [7, 11) is 0. The van der Waals surface area contributed by atoms with Gasteiger partial charge in [0.05, 0.1) is 22.8 Å². The van der Waals surface area contributed by atoms with Crippen LogP contribution in [0.3, 0.4) is 0 Å². The van der Waals surface area contributed by atoms with E-state index >= 15 is 0 Å². The van der Waals surface area contributed by atoms with Gasteiger partial charge in [0.1, 0.15) is 0 Å². The first-order valence-corrected chi connectivity index (χ1v) is 28.0. The first-order chi connectivity index (χ1) is 41.6. The van der Waals surface area contributed by atoms with Crippen LogP contribution in [0.1, 0.15) is 0 Å². The van der Waals surface area contributed by atoms with Gasteiger partial charge in [-0.1, -0.05) is 218 Å². The number of nitrogens with zero attached hydrogens (tertiary/aromatic N) is 7. The zero-order valence-electron chi connectivity index (χ0n) is 45.6. The highest BCUT2D eigenvalue weighted by Gasteiger charge is 2.16. The minimum Gasteiger partial charge on any atom is -0.255 e. The summed E-state index contributed by atoms with van der Waals surface area (Å²) in [5, 5.41) is 7.42. The minimum absolute atomic E-state index is 0.642. The maximum atomic E-state index is 5.03. The van der Waals surface area contributed by atoms with Gasteiger partial charge in [0.25, 0.3) is 0 Å². The van der Waals surface area contributed by atoms with Gasteiger partial charge in [-0.3, -0.25) is 19.9 Å². The lowest BCUT2D eigenvalue weighted by atomic mass is 9.90. The standard InChI is InChI=1S/C39H27N3.C38H24N4/c1-4-13-28(14-5-1)31-19-10-22-34(25-31)37-40-38(35-23-11-20-32(26-35)29-15-6-2-7-16-29)42-39(41-37)36-24-12-21-33(27-36)30-17-8-3-9-18-30;1-2-8-30-29(7-1)33-21-25(27-13-17-37(41-23-27)35-9-3-5-19-39-35)11-15-31(33)32-16-12-26(22-34(30)32)28-14-18-38(42-24-28)36-10-4-6-20-40-36/h1-27H;1-24H. The van der Waals surface area contributed by atoms with Crippen molar-refractivity contribution in [2.75, 3.05) is 0 Å². The molecule has 0 aliphatic rings. The molecule has 15 rings (SSSR count). The summed E-state index contributed by atoms with van der Waals surface area (Å²) in [6.07, 6.45) is 7.47. The highest BCUT2D eigenvalue weighted by Crippen LogP contribution is 2.40. The Balaban J connectivity index is 0.000000149. The number of rotatable bonds is 10. The van der Waals surface area contributed by atoms with Gasteiger partial charge in [-0.2, -0.15) is 0 Å². The summed E-state index contributed by atoms with van der Waals surface area (Å²) < 4.78 is 0. The molecule has 0 radical (unpaired) electrons. The van der Waals surface area contributed by atoms with Crippen molar-refractivity contribution in [2.24, 2.45) is 0 Å². The summed E-state index contributed by atoms with van der Waals surface area (Å²) >= 11 is 0. The fourth-order valence-electron chi connectivity index (χ4n) is 10.9. The quantitative estimate of drug-likeness (QED) is 0.126. The van der Waals surface area contributed by atoms with Gasteiger partial charge < -0.3 is 0 Å². The van der Waals surface area contributed by atoms with E-state index in [1.807, 2.05) is 79.1 Å². The van der Waals surface area contributed by atoms with Crippen molar-refractivity contribution in [3.63, 3.8) is 0 Å². The number of hydrogen-bond donors (Lipinski definition) is 0. The molecule has 0 N–H and O–H groups in total. The van der Waals surface area contributed by atoms with Gasteiger partial charge in [0, 0.05) is 52.6 Å². The smallest absolute Gasteiger partial charge is 0.164 e. The van der Waals surface area contributed by atoms with Crippen LogP contribution in [-0.2, 0) is 0 Å². The van der Waals surface area contributed by atoms with Crippen molar-refractivity contribution in [3.8, 4) is 113 Å². The normalized spacial score (nSPS) is 11.1. The minimum atomic E-state index is 0.642. The molecule has 0 amide bonds. The second-order valence-corrected chi connectivity index (χ2v) is 20.5. The van der Waals surface area contributed by atoms with Crippen molar-refractivity contribution in [2.45, 2.75) is 0 Å². The molecular formula is C77H51N7. The lowest BCUT2D eigenvalue weighted by Crippen LogP contribution is -2.00. The summed E-state index contributed by atoms with van der Waals surface area (Å²) in [5.41, 5.74) is 17.6. The van der Waals surface area contributed by atoms with Gasteiger partial charge in [0.15, 0.2) is 17.5 Å². The SMILES string of the molecule is c1ccc(-c2ccc(-c3ccc4c5ccc(-c6ccc(-c7ccccn7)nc6)cc5c5ccccc5c4c3)cn2)nc1.c1ccc(-c2cccc(-c3nc(-c4cccc(-c5ccccc5)c4)nc(-c4cccc(-c5ccccc5)c4)n3)c2)cc1. The fraction of sp³-hybridized carbons (Fsp3) is 0. The predicted octanol–water partition coefficient (Wildman–Crippen LogP) is 19.3. The zero-order chi connectivity index (χ0) is 56.0. The van der Waals surface area contributed by atoms with E-state index in [1.165, 1.54) is 32.3 Å². The van der Waals surface area contributed by atoms with Crippen LogP contribution >= 0.6 is 0 Å². The number of fused-ring (bicyclic) bond motifs is 6. The second kappa shape index (κ2) is 23.0. The Labute approximate surface area is 487 Å². The molecule has 15 aromatic rings. The predicted molar refractivity (Wildman–Crippen MR) is 344 cm³/mol. The summed E-state index contributed by atoms with van der Waals surface area (Å²) in [4.78, 5) is 33.4. The van der Waals surface area contributed by atoms with Gasteiger partial charge in [-0.05, 0) is 144 Å². The molecule has 7 heteroatoms. The van der Waals surface area contributed by atoms with Crippen molar-refractivity contribution in [1.29, 1.82) is 0 Å². The molecule has 0 spiro atoms. The van der Waals surface area contributed by atoms with Crippen LogP contribution in [0.5, 0.6) is 0 Å². The highest BCUT2D eigenvalue weighted by molar-refractivity contribution is 6.26. The number of pyridine rings is 4. The van der Waals surface area contributed by atoms with Crippen LogP contribution in [0.4, 0.5) is 0 Å². The lowest BCUT2D eigenvalue weighted by Gasteiger charge is -2.13. The molecular weight excluding hydrogens is 1020 g/mol. The maximum Gasteiger partial charge on any atom is 0.164 e. The molecule has 5 heterocycles. The van der Waals surface area contributed by atoms with E-state index in [9.17, 15) is 0 Å². The van der Waals surface area contributed by atoms with Crippen molar-refractivity contribution in [1.82, 2.24) is 34.9 Å². The van der Waals surface area contributed by atoms with E-state index in [1.54, 1.807) is 12.4 Å². The molecule has 0 saturated carbocycles. The van der Waals surface area contributed by atoms with Crippen LogP contribution in [-0.4, -0.2) is 34.9 Å². The Hall–Kier alpha value is -11.4. The van der Waals surface area contributed by atoms with Crippen LogP contribution in [0.2, 0.25) is 0 Å². The second-order valence-electron chi connectivity index (χ2n) is 20.5. The largest absolute Gasteiger partial charge is 0.255 e. The molecule has 7 nitrogen and oxygen atoms in total. The summed E-state index contributed by atoms with van der Waals surface area (Å²) in [5.74, 6) is 1.93. The van der Waals surface area contributed by atoms with E-state index in [0.717, 1.165) is 95.1 Å². The number of hydrogen-bond acceptors (Lipinski definition) is 7. The molecule has 5 aromatic heterocycles. The Morgan fingerprint density at radius 1 is 0.167 bits per heavy atom. The third-order valence-electron chi connectivity index (χ3n) is 15.2. The molecule has 0 bridgehead atoms. The van der Waals surface area contributed by atoms with Gasteiger partial charge in [-0.25, -0.2) is 15.0 Å². The van der Waals surface area contributed by atoms with Gasteiger partial charge in [0.2, 0.25) is 0 Å². The highest BCUT2D eigenvalue weighted by atomic mass is 15.0. The molecule has 0 fully saturated rings. The lowest BCUT2D eigenvalue weighted by molar-refractivity contribution is 1.07. The van der Waals surface area contributed by atoms with E-state index < -0.39 is 0 Å². The maximum absolute atomic E-state index is 5.03. The zero-order valence-corrected chi connectivity index (χ0v) is 45.6. The molecule has 0 unspecified atom stereocenters. The van der Waals surface area contributed by atoms with Crippen molar-refractivity contribution < 1.29 is 0 Å². The third-order valence-corrected chi connectivity index (χ3v) is 15.2. The van der Waals surface area contributed by atoms with E-state index in [4.69, 9.17) is 24.9 Å².